The number of carbonyl (C=O) groups is 1. The molecular formula is C14H18ClNO3S. The minimum Gasteiger partial charge on any atom is -0.302 e. The van der Waals surface area contributed by atoms with Crippen molar-refractivity contribution in [2.75, 3.05) is 25.1 Å². The van der Waals surface area contributed by atoms with Gasteiger partial charge in [-0.05, 0) is 25.6 Å². The predicted molar refractivity (Wildman–Crippen MR) is 80.1 cm³/mol. The molecule has 1 saturated heterocycles. The summed E-state index contributed by atoms with van der Waals surface area (Å²) >= 11 is 5.99. The lowest BCUT2D eigenvalue weighted by Crippen LogP contribution is -2.34. The SMILES string of the molecule is CN(CCC(=O)c1ccccc1Cl)C1CCS(=O)(=O)C1. The average molecular weight is 316 g/mol. The van der Waals surface area contributed by atoms with E-state index >= 15 is 0 Å². The highest BCUT2D eigenvalue weighted by Gasteiger charge is 2.30. The first kappa shape index (κ1) is 15.5. The Morgan fingerprint density at radius 1 is 1.40 bits per heavy atom. The fourth-order valence-corrected chi connectivity index (χ4v) is 4.45. The molecule has 1 aliphatic rings. The number of ketones is 1. The van der Waals surface area contributed by atoms with Gasteiger partial charge in [-0.1, -0.05) is 23.7 Å². The van der Waals surface area contributed by atoms with Gasteiger partial charge in [0.2, 0.25) is 0 Å². The van der Waals surface area contributed by atoms with Crippen molar-refractivity contribution < 1.29 is 13.2 Å². The highest BCUT2D eigenvalue weighted by Crippen LogP contribution is 2.19. The number of sulfone groups is 1. The topological polar surface area (TPSA) is 54.5 Å². The smallest absolute Gasteiger partial charge is 0.165 e. The molecule has 4 nitrogen and oxygen atoms in total. The summed E-state index contributed by atoms with van der Waals surface area (Å²) in [6.45, 7) is 0.546. The number of carbonyl (C=O) groups excluding carboxylic acids is 1. The van der Waals surface area contributed by atoms with Crippen LogP contribution in [0.5, 0.6) is 0 Å². The minimum atomic E-state index is -2.89. The molecule has 6 heteroatoms. The van der Waals surface area contributed by atoms with Crippen molar-refractivity contribution in [3.8, 4) is 0 Å². The molecule has 1 aromatic rings. The van der Waals surface area contributed by atoms with Crippen molar-refractivity contribution in [2.45, 2.75) is 18.9 Å². The van der Waals surface area contributed by atoms with Crippen LogP contribution in [0.4, 0.5) is 0 Å². The summed E-state index contributed by atoms with van der Waals surface area (Å²) in [5.74, 6) is 0.438. The molecular weight excluding hydrogens is 298 g/mol. The summed E-state index contributed by atoms with van der Waals surface area (Å²) in [7, 11) is -1.02. The van der Waals surface area contributed by atoms with Crippen molar-refractivity contribution in [3.05, 3.63) is 34.9 Å². The normalized spacial score (nSPS) is 21.2. The summed E-state index contributed by atoms with van der Waals surface area (Å²) < 4.78 is 22.9. The molecule has 0 bridgehead atoms. The van der Waals surface area contributed by atoms with Gasteiger partial charge in [0.1, 0.15) is 0 Å². The van der Waals surface area contributed by atoms with E-state index in [0.717, 1.165) is 0 Å². The van der Waals surface area contributed by atoms with Crippen LogP contribution in [0.15, 0.2) is 24.3 Å². The number of hydrogen-bond donors (Lipinski definition) is 0. The number of hydrogen-bond acceptors (Lipinski definition) is 4. The molecule has 20 heavy (non-hydrogen) atoms. The standard InChI is InChI=1S/C14H18ClNO3S/c1-16(11-7-9-20(18,19)10-11)8-6-14(17)12-4-2-3-5-13(12)15/h2-5,11H,6-10H2,1H3. The Kier molecular flexibility index (Phi) is 4.83. The molecule has 0 saturated carbocycles. The van der Waals surface area contributed by atoms with Crippen LogP contribution in [0.3, 0.4) is 0 Å². The van der Waals surface area contributed by atoms with E-state index in [1.54, 1.807) is 24.3 Å². The van der Waals surface area contributed by atoms with Gasteiger partial charge in [0.25, 0.3) is 0 Å². The molecule has 0 spiro atoms. The van der Waals surface area contributed by atoms with E-state index < -0.39 is 9.84 Å². The molecule has 0 N–H and O–H groups in total. The van der Waals surface area contributed by atoms with Crippen LogP contribution in [0.1, 0.15) is 23.2 Å². The number of benzene rings is 1. The maximum Gasteiger partial charge on any atom is 0.165 e. The highest BCUT2D eigenvalue weighted by molar-refractivity contribution is 7.91. The Balaban J connectivity index is 1.89. The summed E-state index contributed by atoms with van der Waals surface area (Å²) in [4.78, 5) is 14.0. The lowest BCUT2D eigenvalue weighted by Gasteiger charge is -2.22. The van der Waals surface area contributed by atoms with E-state index in [1.165, 1.54) is 0 Å². The summed E-state index contributed by atoms with van der Waals surface area (Å²) in [6.07, 6.45) is 0.996. The van der Waals surface area contributed by atoms with E-state index in [1.807, 2.05) is 11.9 Å². The lowest BCUT2D eigenvalue weighted by molar-refractivity contribution is 0.0963. The fourth-order valence-electron chi connectivity index (χ4n) is 2.41. The van der Waals surface area contributed by atoms with Gasteiger partial charge in [0, 0.05) is 24.6 Å². The van der Waals surface area contributed by atoms with Crippen molar-refractivity contribution in [2.24, 2.45) is 0 Å². The summed E-state index contributed by atoms with van der Waals surface area (Å²) in [5.41, 5.74) is 0.529. The maximum absolute atomic E-state index is 12.1. The quantitative estimate of drug-likeness (QED) is 0.780. The third-order valence-electron chi connectivity index (χ3n) is 3.70. The molecule has 1 fully saturated rings. The Morgan fingerprint density at radius 2 is 2.10 bits per heavy atom. The van der Waals surface area contributed by atoms with E-state index in [0.29, 0.717) is 30.0 Å². The van der Waals surface area contributed by atoms with Crippen LogP contribution in [0.2, 0.25) is 5.02 Å². The first-order chi connectivity index (χ1) is 9.39. The van der Waals surface area contributed by atoms with Crippen LogP contribution in [0.25, 0.3) is 0 Å². The fraction of sp³-hybridized carbons (Fsp3) is 0.500. The zero-order valence-electron chi connectivity index (χ0n) is 11.4. The van der Waals surface area contributed by atoms with Crippen LogP contribution in [-0.4, -0.2) is 50.2 Å². The molecule has 0 amide bonds. The van der Waals surface area contributed by atoms with Gasteiger partial charge >= 0.3 is 0 Å². The molecule has 0 aromatic heterocycles. The molecule has 0 aliphatic carbocycles. The zero-order chi connectivity index (χ0) is 14.8. The second-order valence-corrected chi connectivity index (χ2v) is 7.83. The van der Waals surface area contributed by atoms with Gasteiger partial charge in [-0.2, -0.15) is 0 Å². The van der Waals surface area contributed by atoms with Crippen LogP contribution in [0, 0.1) is 0 Å². The predicted octanol–water partition coefficient (Wildman–Crippen LogP) is 2.03. The third-order valence-corrected chi connectivity index (χ3v) is 5.78. The molecule has 1 unspecified atom stereocenters. The van der Waals surface area contributed by atoms with Gasteiger partial charge in [0.15, 0.2) is 15.6 Å². The van der Waals surface area contributed by atoms with Crippen molar-refractivity contribution >= 4 is 27.2 Å². The molecule has 1 aromatic carbocycles. The second kappa shape index (κ2) is 6.24. The second-order valence-electron chi connectivity index (χ2n) is 5.19. The first-order valence-electron chi connectivity index (χ1n) is 6.57. The molecule has 2 rings (SSSR count). The highest BCUT2D eigenvalue weighted by atomic mass is 35.5. The van der Waals surface area contributed by atoms with Gasteiger partial charge in [0.05, 0.1) is 16.5 Å². The number of rotatable bonds is 5. The third kappa shape index (κ3) is 3.81. The zero-order valence-corrected chi connectivity index (χ0v) is 13.0. The summed E-state index contributed by atoms with van der Waals surface area (Å²) in [6, 6.07) is 7.01. The number of Topliss-reactive ketones (excluding diaryl/α,β-unsaturated/α-hetero) is 1. The first-order valence-corrected chi connectivity index (χ1v) is 8.77. The van der Waals surface area contributed by atoms with Crippen molar-refractivity contribution in [1.29, 1.82) is 0 Å². The monoisotopic (exact) mass is 315 g/mol. The summed E-state index contributed by atoms with van der Waals surface area (Å²) in [5, 5.41) is 0.462. The number of halogens is 1. The van der Waals surface area contributed by atoms with Crippen LogP contribution in [-0.2, 0) is 9.84 Å². The van der Waals surface area contributed by atoms with Crippen molar-refractivity contribution in [3.63, 3.8) is 0 Å². The lowest BCUT2D eigenvalue weighted by atomic mass is 10.1. The largest absolute Gasteiger partial charge is 0.302 e. The molecule has 1 atom stereocenters. The van der Waals surface area contributed by atoms with Crippen molar-refractivity contribution in [1.82, 2.24) is 4.90 Å². The molecule has 110 valence electrons. The Morgan fingerprint density at radius 3 is 2.70 bits per heavy atom. The van der Waals surface area contributed by atoms with E-state index in [2.05, 4.69) is 0 Å². The van der Waals surface area contributed by atoms with E-state index in [-0.39, 0.29) is 23.3 Å². The Bertz CT molecular complexity index is 600. The Hall–Kier alpha value is -0.910. The van der Waals surface area contributed by atoms with Crippen LogP contribution < -0.4 is 0 Å². The van der Waals surface area contributed by atoms with Gasteiger partial charge < -0.3 is 4.90 Å². The van der Waals surface area contributed by atoms with Gasteiger partial charge in [-0.3, -0.25) is 4.79 Å². The number of nitrogens with zero attached hydrogens (tertiary/aromatic N) is 1. The van der Waals surface area contributed by atoms with Gasteiger partial charge in [-0.25, -0.2) is 8.42 Å². The maximum atomic E-state index is 12.1. The molecule has 0 radical (unpaired) electrons. The average Bonchev–Trinajstić information content (AvgIpc) is 2.76. The van der Waals surface area contributed by atoms with E-state index in [9.17, 15) is 13.2 Å². The van der Waals surface area contributed by atoms with Crippen LogP contribution >= 0.6 is 11.6 Å². The molecule has 1 aliphatic heterocycles. The minimum absolute atomic E-state index is 0.0108. The Labute approximate surface area is 124 Å². The van der Waals surface area contributed by atoms with Gasteiger partial charge in [-0.15, -0.1) is 0 Å². The van der Waals surface area contributed by atoms with E-state index in [4.69, 9.17) is 11.6 Å². The molecule has 1 heterocycles.